The van der Waals surface area contributed by atoms with Gasteiger partial charge in [-0.3, -0.25) is 14.8 Å². The Kier molecular flexibility index (Phi) is 2.66. The van der Waals surface area contributed by atoms with Crippen LogP contribution in [0.3, 0.4) is 0 Å². The van der Waals surface area contributed by atoms with Crippen molar-refractivity contribution in [3.05, 3.63) is 76.5 Å². The second-order valence-corrected chi connectivity index (χ2v) is 4.90. The number of hydrogen-bond donors (Lipinski definition) is 1. The summed E-state index contributed by atoms with van der Waals surface area (Å²) in [6, 6.07) is 14.4. The number of carbonyl (C=O) groups excluding carboxylic acids is 1. The highest BCUT2D eigenvalue weighted by molar-refractivity contribution is 6.19. The number of aromatic amines is 1. The predicted molar refractivity (Wildman–Crippen MR) is 82.0 cm³/mol. The van der Waals surface area contributed by atoms with E-state index in [1.54, 1.807) is 24.4 Å². The molecule has 0 fully saturated rings. The molecule has 0 aliphatic carbocycles. The Balaban J connectivity index is 1.98. The number of benzene rings is 2. The molecule has 0 unspecified atom stereocenters. The minimum Gasteiger partial charge on any atom is -0.408 e. The van der Waals surface area contributed by atoms with Crippen LogP contribution in [0.1, 0.15) is 16.1 Å². The summed E-state index contributed by atoms with van der Waals surface area (Å²) in [5.74, 6) is -0.833. The molecule has 0 spiro atoms. The van der Waals surface area contributed by atoms with Gasteiger partial charge in [-0.15, -0.1) is 0 Å². The van der Waals surface area contributed by atoms with Gasteiger partial charge in [0.1, 0.15) is 5.69 Å². The second kappa shape index (κ2) is 4.66. The van der Waals surface area contributed by atoms with Gasteiger partial charge >= 0.3 is 5.76 Å². The van der Waals surface area contributed by atoms with Crippen molar-refractivity contribution >= 4 is 27.7 Å². The van der Waals surface area contributed by atoms with Crippen LogP contribution in [0.4, 0.5) is 0 Å². The van der Waals surface area contributed by atoms with E-state index in [0.29, 0.717) is 22.4 Å². The van der Waals surface area contributed by atoms with Gasteiger partial charge in [0.05, 0.1) is 11.1 Å². The summed E-state index contributed by atoms with van der Waals surface area (Å²) in [6.45, 7) is 0. The molecule has 1 N–H and O–H groups in total. The number of aromatic nitrogens is 2. The number of rotatable bonds is 2. The maximum absolute atomic E-state index is 12.9. The van der Waals surface area contributed by atoms with Gasteiger partial charge in [-0.1, -0.05) is 30.3 Å². The monoisotopic (exact) mass is 290 g/mol. The summed E-state index contributed by atoms with van der Waals surface area (Å²) in [5, 5.41) is 1.71. The number of H-pyrrole nitrogens is 1. The molecule has 0 aliphatic heterocycles. The number of nitrogens with zero attached hydrogens (tertiary/aromatic N) is 1. The molecule has 0 saturated carbocycles. The Morgan fingerprint density at radius 1 is 1.05 bits per heavy atom. The standard InChI is InChI=1S/C17H10N2O3/c20-16(12-6-3-7-13-14(12)19-17(21)22-13)15-11-5-2-1-4-10(11)8-9-18-15/h1-9H,(H,19,21). The average Bonchev–Trinajstić information content (AvgIpc) is 2.93. The number of oxazole rings is 1. The normalized spacial score (nSPS) is 11.1. The van der Waals surface area contributed by atoms with E-state index in [4.69, 9.17) is 4.42 Å². The number of nitrogens with one attached hydrogen (secondary N) is 1. The first-order chi connectivity index (χ1) is 10.7. The third-order valence-corrected chi connectivity index (χ3v) is 3.59. The quantitative estimate of drug-likeness (QED) is 0.576. The molecular weight excluding hydrogens is 280 g/mol. The summed E-state index contributed by atoms with van der Waals surface area (Å²) in [4.78, 5) is 31.0. The minimum atomic E-state index is -0.582. The lowest BCUT2D eigenvalue weighted by Gasteiger charge is -2.05. The van der Waals surface area contributed by atoms with Crippen LogP contribution >= 0.6 is 0 Å². The summed E-state index contributed by atoms with van der Waals surface area (Å²) in [5.41, 5.74) is 1.48. The summed E-state index contributed by atoms with van der Waals surface area (Å²) < 4.78 is 5.00. The van der Waals surface area contributed by atoms with E-state index in [-0.39, 0.29) is 5.78 Å². The van der Waals surface area contributed by atoms with Crippen LogP contribution < -0.4 is 5.76 Å². The van der Waals surface area contributed by atoms with Crippen molar-refractivity contribution in [2.45, 2.75) is 0 Å². The first kappa shape index (κ1) is 12.5. The zero-order chi connectivity index (χ0) is 15.1. The molecular formula is C17H10N2O3. The second-order valence-electron chi connectivity index (χ2n) is 4.90. The molecule has 4 aromatic rings. The molecule has 2 aromatic carbocycles. The maximum Gasteiger partial charge on any atom is 0.417 e. The molecule has 5 heteroatoms. The SMILES string of the molecule is O=C(c1nccc2ccccc12)c1cccc2oc(=O)[nH]c12. The van der Waals surface area contributed by atoms with Gasteiger partial charge < -0.3 is 4.42 Å². The van der Waals surface area contributed by atoms with Gasteiger partial charge in [-0.25, -0.2) is 4.79 Å². The molecule has 0 atom stereocenters. The largest absolute Gasteiger partial charge is 0.417 e. The lowest BCUT2D eigenvalue weighted by atomic mass is 10.0. The predicted octanol–water partition coefficient (Wildman–Crippen LogP) is 2.90. The van der Waals surface area contributed by atoms with Crippen molar-refractivity contribution in [2.24, 2.45) is 0 Å². The van der Waals surface area contributed by atoms with Crippen LogP contribution in [0.5, 0.6) is 0 Å². The van der Waals surface area contributed by atoms with Crippen molar-refractivity contribution in [3.8, 4) is 0 Å². The fraction of sp³-hybridized carbons (Fsp3) is 0. The van der Waals surface area contributed by atoms with Crippen LogP contribution in [0, 0.1) is 0 Å². The van der Waals surface area contributed by atoms with E-state index in [9.17, 15) is 9.59 Å². The topological polar surface area (TPSA) is 76.0 Å². The van der Waals surface area contributed by atoms with E-state index in [2.05, 4.69) is 9.97 Å². The van der Waals surface area contributed by atoms with E-state index in [0.717, 1.165) is 10.8 Å². The Morgan fingerprint density at radius 3 is 2.82 bits per heavy atom. The molecule has 4 rings (SSSR count). The number of carbonyl (C=O) groups is 1. The Bertz CT molecular complexity index is 1070. The first-order valence-corrected chi connectivity index (χ1v) is 6.74. The zero-order valence-corrected chi connectivity index (χ0v) is 11.4. The lowest BCUT2D eigenvalue weighted by molar-refractivity contribution is 0.103. The molecule has 0 bridgehead atoms. The lowest BCUT2D eigenvalue weighted by Crippen LogP contribution is -2.06. The molecule has 0 aliphatic rings. The Labute approximate surface area is 124 Å². The third kappa shape index (κ3) is 1.83. The van der Waals surface area contributed by atoms with Crippen molar-refractivity contribution in [3.63, 3.8) is 0 Å². The summed E-state index contributed by atoms with van der Waals surface area (Å²) in [6.07, 6.45) is 1.60. The van der Waals surface area contributed by atoms with Crippen LogP contribution in [-0.4, -0.2) is 15.8 Å². The minimum absolute atomic E-state index is 0.251. The van der Waals surface area contributed by atoms with Gasteiger partial charge in [0, 0.05) is 11.6 Å². The highest BCUT2D eigenvalue weighted by Gasteiger charge is 2.18. The molecule has 0 radical (unpaired) electrons. The number of para-hydroxylation sites is 1. The van der Waals surface area contributed by atoms with E-state index >= 15 is 0 Å². The summed E-state index contributed by atoms with van der Waals surface area (Å²) in [7, 11) is 0. The number of ketones is 1. The summed E-state index contributed by atoms with van der Waals surface area (Å²) >= 11 is 0. The Morgan fingerprint density at radius 2 is 1.91 bits per heavy atom. The van der Waals surface area contributed by atoms with Crippen LogP contribution in [-0.2, 0) is 0 Å². The van der Waals surface area contributed by atoms with E-state index in [1.165, 1.54) is 0 Å². The molecule has 2 aromatic heterocycles. The van der Waals surface area contributed by atoms with Crippen molar-refractivity contribution in [1.82, 2.24) is 9.97 Å². The molecule has 0 amide bonds. The van der Waals surface area contributed by atoms with Gasteiger partial charge in [0.25, 0.3) is 0 Å². The van der Waals surface area contributed by atoms with Gasteiger partial charge in [-0.05, 0) is 23.6 Å². The maximum atomic E-state index is 12.9. The highest BCUT2D eigenvalue weighted by Crippen LogP contribution is 2.22. The van der Waals surface area contributed by atoms with E-state index in [1.807, 2.05) is 30.3 Å². The molecule has 106 valence electrons. The van der Waals surface area contributed by atoms with Crippen molar-refractivity contribution in [2.75, 3.05) is 0 Å². The zero-order valence-electron chi connectivity index (χ0n) is 11.4. The van der Waals surface area contributed by atoms with Crippen LogP contribution in [0.2, 0.25) is 0 Å². The smallest absolute Gasteiger partial charge is 0.408 e. The van der Waals surface area contributed by atoms with Crippen molar-refractivity contribution < 1.29 is 9.21 Å². The fourth-order valence-electron chi connectivity index (χ4n) is 2.59. The van der Waals surface area contributed by atoms with Crippen LogP contribution in [0.15, 0.2) is 63.9 Å². The molecule has 0 saturated heterocycles. The Hall–Kier alpha value is -3.21. The van der Waals surface area contributed by atoms with Gasteiger partial charge in [0.2, 0.25) is 5.78 Å². The van der Waals surface area contributed by atoms with Gasteiger partial charge in [-0.2, -0.15) is 0 Å². The molecule has 2 heterocycles. The number of fused-ring (bicyclic) bond motifs is 2. The molecule has 5 nitrogen and oxygen atoms in total. The average molecular weight is 290 g/mol. The highest BCUT2D eigenvalue weighted by atomic mass is 16.4. The van der Waals surface area contributed by atoms with Crippen molar-refractivity contribution in [1.29, 1.82) is 0 Å². The number of pyridine rings is 1. The van der Waals surface area contributed by atoms with Gasteiger partial charge in [0.15, 0.2) is 5.58 Å². The third-order valence-electron chi connectivity index (χ3n) is 3.59. The number of hydrogen-bond acceptors (Lipinski definition) is 4. The fourth-order valence-corrected chi connectivity index (χ4v) is 2.59. The van der Waals surface area contributed by atoms with Crippen LogP contribution in [0.25, 0.3) is 21.9 Å². The molecule has 22 heavy (non-hydrogen) atoms. The first-order valence-electron chi connectivity index (χ1n) is 6.74. The van der Waals surface area contributed by atoms with E-state index < -0.39 is 5.76 Å².